The topological polar surface area (TPSA) is 17.1 Å². The SMILES string of the molecule is C=CC[C@H]1C[C@@H]2[C@H](CC[C@]3(C)[C@@H]([C@H](C)CCCC(C)C)CC[C@@H]23)[C@@]2(C)CCC(=O)C[C@H]12. The fourth-order valence-corrected chi connectivity index (χ4v) is 9.79. The summed E-state index contributed by atoms with van der Waals surface area (Å²) in [5, 5.41) is 0. The molecule has 31 heavy (non-hydrogen) atoms. The van der Waals surface area contributed by atoms with E-state index in [4.69, 9.17) is 0 Å². The zero-order valence-corrected chi connectivity index (χ0v) is 21.3. The van der Waals surface area contributed by atoms with Crippen LogP contribution in [0.3, 0.4) is 0 Å². The van der Waals surface area contributed by atoms with Gasteiger partial charge in [-0.25, -0.2) is 0 Å². The van der Waals surface area contributed by atoms with Gasteiger partial charge in [-0.2, -0.15) is 0 Å². The van der Waals surface area contributed by atoms with Gasteiger partial charge in [0.05, 0.1) is 0 Å². The first-order valence-electron chi connectivity index (χ1n) is 13.8. The molecule has 4 rings (SSSR count). The third kappa shape index (κ3) is 4.10. The fourth-order valence-electron chi connectivity index (χ4n) is 9.79. The maximum Gasteiger partial charge on any atom is 0.133 e. The van der Waals surface area contributed by atoms with Gasteiger partial charge in [0.25, 0.3) is 0 Å². The van der Waals surface area contributed by atoms with Crippen LogP contribution in [-0.4, -0.2) is 5.78 Å². The minimum Gasteiger partial charge on any atom is -0.300 e. The normalized spacial score (nSPS) is 45.7. The molecule has 0 aliphatic heterocycles. The van der Waals surface area contributed by atoms with Crippen LogP contribution in [0.4, 0.5) is 0 Å². The van der Waals surface area contributed by atoms with Crippen LogP contribution in [0.15, 0.2) is 12.7 Å². The van der Waals surface area contributed by atoms with E-state index < -0.39 is 0 Å². The van der Waals surface area contributed by atoms with E-state index >= 15 is 0 Å². The molecule has 0 radical (unpaired) electrons. The number of carbonyl (C=O) groups is 1. The molecular weight excluding hydrogens is 376 g/mol. The van der Waals surface area contributed by atoms with E-state index in [1.54, 1.807) is 0 Å². The number of ketones is 1. The van der Waals surface area contributed by atoms with Gasteiger partial charge < -0.3 is 0 Å². The molecule has 9 atom stereocenters. The largest absolute Gasteiger partial charge is 0.300 e. The molecule has 0 unspecified atom stereocenters. The first-order valence-corrected chi connectivity index (χ1v) is 13.8. The van der Waals surface area contributed by atoms with Crippen molar-refractivity contribution < 1.29 is 4.79 Å². The zero-order chi connectivity index (χ0) is 22.4. The summed E-state index contributed by atoms with van der Waals surface area (Å²) in [7, 11) is 0. The lowest BCUT2D eigenvalue weighted by Crippen LogP contribution is -2.56. The highest BCUT2D eigenvalue weighted by molar-refractivity contribution is 5.79. The molecule has 0 bridgehead atoms. The Morgan fingerprint density at radius 1 is 1.00 bits per heavy atom. The maximum absolute atomic E-state index is 12.4. The van der Waals surface area contributed by atoms with E-state index in [1.165, 1.54) is 51.4 Å². The highest BCUT2D eigenvalue weighted by Gasteiger charge is 2.62. The van der Waals surface area contributed by atoms with Crippen LogP contribution in [0.1, 0.15) is 112 Å². The summed E-state index contributed by atoms with van der Waals surface area (Å²) in [6.07, 6.45) is 17.6. The lowest BCUT2D eigenvalue weighted by atomic mass is 9.42. The molecule has 1 heteroatoms. The molecule has 1 nitrogen and oxygen atoms in total. The summed E-state index contributed by atoms with van der Waals surface area (Å²) in [4.78, 5) is 12.4. The van der Waals surface area contributed by atoms with Crippen LogP contribution >= 0.6 is 0 Å². The molecule has 0 aromatic heterocycles. The van der Waals surface area contributed by atoms with Gasteiger partial charge in [0, 0.05) is 12.8 Å². The molecule has 0 aromatic rings. The van der Waals surface area contributed by atoms with E-state index in [1.807, 2.05) is 0 Å². The average Bonchev–Trinajstić information content (AvgIpc) is 3.06. The predicted octanol–water partition coefficient (Wildman–Crippen LogP) is 8.48. The number of Topliss-reactive ketones (excluding diaryl/α,β-unsaturated/α-hetero) is 1. The molecule has 0 aromatic carbocycles. The van der Waals surface area contributed by atoms with Gasteiger partial charge in [0.2, 0.25) is 0 Å². The van der Waals surface area contributed by atoms with E-state index in [0.717, 1.165) is 61.2 Å². The Labute approximate surface area is 193 Å². The number of carbonyl (C=O) groups excluding carboxylic acids is 1. The van der Waals surface area contributed by atoms with E-state index in [9.17, 15) is 4.79 Å². The Hall–Kier alpha value is -0.590. The summed E-state index contributed by atoms with van der Waals surface area (Å²) in [5.74, 6) is 7.18. The van der Waals surface area contributed by atoms with Crippen LogP contribution in [-0.2, 0) is 4.79 Å². The number of fused-ring (bicyclic) bond motifs is 5. The van der Waals surface area contributed by atoms with Crippen molar-refractivity contribution in [3.8, 4) is 0 Å². The van der Waals surface area contributed by atoms with Gasteiger partial charge in [-0.1, -0.05) is 60.0 Å². The molecule has 0 heterocycles. The Morgan fingerprint density at radius 2 is 1.74 bits per heavy atom. The molecule has 0 spiro atoms. The summed E-state index contributed by atoms with van der Waals surface area (Å²) in [5.41, 5.74) is 0.956. The first-order chi connectivity index (χ1) is 14.7. The second-order valence-electron chi connectivity index (χ2n) is 13.3. The Bertz CT molecular complexity index is 663. The molecule has 4 aliphatic carbocycles. The summed E-state index contributed by atoms with van der Waals surface area (Å²) in [6, 6.07) is 0. The second-order valence-corrected chi connectivity index (χ2v) is 13.3. The molecule has 0 amide bonds. The second kappa shape index (κ2) is 8.98. The van der Waals surface area contributed by atoms with Crippen LogP contribution in [0.2, 0.25) is 0 Å². The first kappa shape index (κ1) is 23.6. The third-order valence-electron chi connectivity index (χ3n) is 11.3. The highest BCUT2D eigenvalue weighted by atomic mass is 16.1. The molecule has 0 N–H and O–H groups in total. The molecule has 4 aliphatic rings. The Balaban J connectivity index is 1.54. The van der Waals surface area contributed by atoms with Gasteiger partial charge in [-0.15, -0.1) is 6.58 Å². The van der Waals surface area contributed by atoms with Crippen molar-refractivity contribution in [3.63, 3.8) is 0 Å². The van der Waals surface area contributed by atoms with E-state index in [0.29, 0.717) is 28.4 Å². The van der Waals surface area contributed by atoms with Gasteiger partial charge in [-0.05, 0) is 103 Å². The van der Waals surface area contributed by atoms with Gasteiger partial charge in [0.1, 0.15) is 5.78 Å². The Morgan fingerprint density at radius 3 is 2.45 bits per heavy atom. The molecule has 176 valence electrons. The summed E-state index contributed by atoms with van der Waals surface area (Å²) >= 11 is 0. The van der Waals surface area contributed by atoms with Crippen molar-refractivity contribution >= 4 is 5.78 Å². The number of allylic oxidation sites excluding steroid dienone is 1. The minimum absolute atomic E-state index is 0.396. The van der Waals surface area contributed by atoms with Crippen molar-refractivity contribution in [3.05, 3.63) is 12.7 Å². The summed E-state index contributed by atoms with van der Waals surface area (Å²) < 4.78 is 0. The maximum atomic E-state index is 12.4. The quantitative estimate of drug-likeness (QED) is 0.373. The zero-order valence-electron chi connectivity index (χ0n) is 21.3. The molecule has 4 fully saturated rings. The minimum atomic E-state index is 0.396. The van der Waals surface area contributed by atoms with Crippen molar-refractivity contribution in [1.82, 2.24) is 0 Å². The lowest BCUT2D eigenvalue weighted by molar-refractivity contribution is -0.151. The van der Waals surface area contributed by atoms with Crippen molar-refractivity contribution in [2.45, 2.75) is 112 Å². The van der Waals surface area contributed by atoms with Crippen molar-refractivity contribution in [2.75, 3.05) is 0 Å². The van der Waals surface area contributed by atoms with Crippen LogP contribution in [0, 0.1) is 58.2 Å². The number of hydrogen-bond acceptors (Lipinski definition) is 1. The predicted molar refractivity (Wildman–Crippen MR) is 132 cm³/mol. The van der Waals surface area contributed by atoms with Crippen LogP contribution in [0.5, 0.6) is 0 Å². The van der Waals surface area contributed by atoms with E-state index in [2.05, 4.69) is 47.3 Å². The highest BCUT2D eigenvalue weighted by Crippen LogP contribution is 2.69. The average molecular weight is 427 g/mol. The smallest absolute Gasteiger partial charge is 0.133 e. The van der Waals surface area contributed by atoms with Crippen molar-refractivity contribution in [2.24, 2.45) is 58.2 Å². The van der Waals surface area contributed by atoms with Gasteiger partial charge >= 0.3 is 0 Å². The van der Waals surface area contributed by atoms with Gasteiger partial charge in [0.15, 0.2) is 0 Å². The fraction of sp³-hybridized carbons (Fsp3) is 0.900. The Kier molecular flexibility index (Phi) is 6.83. The number of rotatable bonds is 7. The molecular formula is C30H50O. The molecule has 0 saturated heterocycles. The summed E-state index contributed by atoms with van der Waals surface area (Å²) in [6.45, 7) is 16.7. The van der Waals surface area contributed by atoms with Crippen LogP contribution in [0.25, 0.3) is 0 Å². The van der Waals surface area contributed by atoms with E-state index in [-0.39, 0.29) is 0 Å². The monoisotopic (exact) mass is 426 g/mol. The molecule has 4 saturated carbocycles. The third-order valence-corrected chi connectivity index (χ3v) is 11.3. The van der Waals surface area contributed by atoms with Crippen molar-refractivity contribution in [1.29, 1.82) is 0 Å². The van der Waals surface area contributed by atoms with Crippen LogP contribution < -0.4 is 0 Å². The number of hydrogen-bond donors (Lipinski definition) is 0. The lowest BCUT2D eigenvalue weighted by Gasteiger charge is -2.62. The standard InChI is InChI=1S/C30H50O/c1-7-9-22-18-24-26-13-12-25(21(4)11-8-10-20(2)3)29(26,5)17-15-27(24)30(6)16-14-23(31)19-28(22)30/h7,20-22,24-28H,1,8-19H2,2-6H3/t21-,22+,24+,25-,26+,27+,28-,29-,30-/m1/s1. The van der Waals surface area contributed by atoms with Gasteiger partial charge in [-0.3, -0.25) is 4.79 Å².